The molecule has 16 N–H and O–H groups in total. The van der Waals surface area contributed by atoms with Gasteiger partial charge in [-0.1, -0.05) is 157 Å². The van der Waals surface area contributed by atoms with Crippen molar-refractivity contribution in [3.8, 4) is 0 Å². The molecule has 0 aromatic heterocycles. The first-order valence-electron chi connectivity index (χ1n) is 36.3. The quantitative estimate of drug-likeness (QED) is 0.0264. The molecule has 0 amide bonds. The van der Waals surface area contributed by atoms with Crippen molar-refractivity contribution in [1.29, 1.82) is 0 Å². The van der Waals surface area contributed by atoms with Gasteiger partial charge in [0.25, 0.3) is 0 Å². The lowest BCUT2D eigenvalue weighted by atomic mass is 9.79. The third-order valence-electron chi connectivity index (χ3n) is 18.1. The van der Waals surface area contributed by atoms with Crippen molar-refractivity contribution in [1.82, 2.24) is 0 Å². The molecule has 0 aliphatic heterocycles. The lowest BCUT2D eigenvalue weighted by Gasteiger charge is -2.30. The van der Waals surface area contributed by atoms with Crippen LogP contribution in [0.25, 0.3) is 0 Å². The largest absolute Gasteiger partial charge is 0.394 e. The zero-order valence-electron chi connectivity index (χ0n) is 68.9. The van der Waals surface area contributed by atoms with Gasteiger partial charge in [0.15, 0.2) is 0 Å². The number of hydrogen-bond donors (Lipinski definition) is 8. The molecule has 0 radical (unpaired) electrons. The van der Waals surface area contributed by atoms with E-state index in [2.05, 4.69) is 41.5 Å². The van der Waals surface area contributed by atoms with Crippen LogP contribution in [0.5, 0.6) is 0 Å². The van der Waals surface area contributed by atoms with Gasteiger partial charge in [0.05, 0.1) is 53.7 Å². The van der Waals surface area contributed by atoms with Gasteiger partial charge in [0.1, 0.15) is 46.3 Å². The zero-order valence-corrected chi connectivity index (χ0v) is 68.9. The average molecular weight is 1550 g/mol. The minimum absolute atomic E-state index is 0.0278. The molecule has 0 rings (SSSR count). The molecule has 0 aromatic rings. The highest BCUT2D eigenvalue weighted by molar-refractivity contribution is 5.83. The highest BCUT2D eigenvalue weighted by atomic mass is 19.4. The lowest BCUT2D eigenvalue weighted by molar-refractivity contribution is -0.214. The van der Waals surface area contributed by atoms with Crippen molar-refractivity contribution >= 4 is 46.3 Å². The van der Waals surface area contributed by atoms with Gasteiger partial charge in [-0.15, -0.1) is 0 Å². The van der Waals surface area contributed by atoms with Gasteiger partial charge in [0.2, 0.25) is 32.1 Å². The first-order valence-corrected chi connectivity index (χ1v) is 36.3. The summed E-state index contributed by atoms with van der Waals surface area (Å²) in [5, 5.41) is 0. The van der Waals surface area contributed by atoms with Crippen LogP contribution in [0.3, 0.4) is 0 Å². The number of unbranched alkanes of at least 4 members (excludes halogenated alkanes) is 1. The Bertz CT molecular complexity index is 2380. The summed E-state index contributed by atoms with van der Waals surface area (Å²) in [6, 6.07) is -5.01. The van der Waals surface area contributed by atoms with Crippen LogP contribution in [0.1, 0.15) is 308 Å². The number of nitrogens with two attached hydrogens (primary N) is 8. The summed E-state index contributed by atoms with van der Waals surface area (Å²) in [5.74, 6) is -1.16. The number of carbonyl (C=O) groups excluding carboxylic acids is 8. The summed E-state index contributed by atoms with van der Waals surface area (Å²) in [6.45, 7) is 42.8. The van der Waals surface area contributed by atoms with Gasteiger partial charge in [-0.25, -0.2) is 43.9 Å². The fourth-order valence-electron chi connectivity index (χ4n) is 10.2. The van der Waals surface area contributed by atoms with Crippen LogP contribution in [0, 0.1) is 43.3 Å². The van der Waals surface area contributed by atoms with Gasteiger partial charge < -0.3 is 45.9 Å². The summed E-state index contributed by atoms with van der Waals surface area (Å²) < 4.78 is 160. The maximum absolute atomic E-state index is 12.7. The molecule has 0 saturated carbocycles. The van der Waals surface area contributed by atoms with E-state index in [9.17, 15) is 95.4 Å². The van der Waals surface area contributed by atoms with Crippen LogP contribution < -0.4 is 45.9 Å². The second kappa shape index (κ2) is 55.5. The van der Waals surface area contributed by atoms with Crippen molar-refractivity contribution in [2.45, 2.75) is 395 Å². The molecule has 10 atom stereocenters. The molecule has 0 saturated heterocycles. The summed E-state index contributed by atoms with van der Waals surface area (Å²) >= 11 is 0. The Labute approximate surface area is 623 Å². The molecule has 0 aliphatic rings. The summed E-state index contributed by atoms with van der Waals surface area (Å²) in [5.41, 5.74) is 38.3. The van der Waals surface area contributed by atoms with Crippen LogP contribution in [-0.2, 0) is 38.4 Å². The monoisotopic (exact) mass is 1550 g/mol. The maximum atomic E-state index is 12.7. The number of hydrogen-bond acceptors (Lipinski definition) is 16. The molecule has 630 valence electrons. The van der Waals surface area contributed by atoms with E-state index >= 15 is 0 Å². The van der Waals surface area contributed by atoms with E-state index in [1.54, 1.807) is 27.7 Å². The highest BCUT2D eigenvalue weighted by Gasteiger charge is 2.48. The van der Waals surface area contributed by atoms with Crippen molar-refractivity contribution < 1.29 is 95.4 Å². The van der Waals surface area contributed by atoms with Crippen LogP contribution in [0.15, 0.2) is 0 Å². The lowest BCUT2D eigenvalue weighted by Crippen LogP contribution is -2.41. The van der Waals surface area contributed by atoms with E-state index < -0.39 is 107 Å². The molecule has 0 bridgehead atoms. The smallest absolute Gasteiger partial charge is 0.322 e. The summed E-state index contributed by atoms with van der Waals surface area (Å²) in [4.78, 5) is 86.6. The Morgan fingerprint density at radius 1 is 0.276 bits per heavy atom. The molecule has 16 nitrogen and oxygen atoms in total. The molecule has 0 heterocycles. The molecule has 0 spiro atoms. The van der Waals surface area contributed by atoms with Crippen molar-refractivity contribution in [3.05, 3.63) is 0 Å². The summed E-state index contributed by atoms with van der Waals surface area (Å²) in [7, 11) is 0. The fourth-order valence-corrected chi connectivity index (χ4v) is 10.2. The molecule has 0 aromatic carbocycles. The normalized spacial score (nSPS) is 15.6. The van der Waals surface area contributed by atoms with Crippen LogP contribution in [0.2, 0.25) is 0 Å². The van der Waals surface area contributed by atoms with E-state index in [0.717, 1.165) is 46.0 Å². The molecule has 0 fully saturated rings. The Morgan fingerprint density at radius 2 is 0.514 bits per heavy atom. The average Bonchev–Trinajstić information content (AvgIpc) is 0.839. The fraction of sp³-hybridized carbons (Fsp3) is 0.895. The van der Waals surface area contributed by atoms with E-state index in [0.29, 0.717) is 44.9 Å². The molecule has 0 aliphatic carbocycles. The predicted octanol–water partition coefficient (Wildman–Crippen LogP) is 17.2. The van der Waals surface area contributed by atoms with E-state index in [1.165, 1.54) is 82.1 Å². The Morgan fingerprint density at radius 3 is 0.733 bits per heavy atom. The number of rotatable bonds is 41. The van der Waals surface area contributed by atoms with Gasteiger partial charge in [0, 0.05) is 29.1 Å². The van der Waals surface area contributed by atoms with Crippen molar-refractivity contribution in [2.75, 3.05) is 0 Å². The first kappa shape index (κ1) is 117. The molecule has 105 heavy (non-hydrogen) atoms. The third-order valence-corrected chi connectivity index (χ3v) is 18.1. The molecule has 29 heteroatoms. The number of carbonyl (C=O) groups is 8. The standard InChI is InChI=1S/C11H23NO.3C10H19F2NO.C10H21NO.C9H17F2NO.C8H14F3NO.C8H15F2NO/c1-5-6-7-11(3,4)8-10(12)9(2)13;1-7(14)8(13)6-10(2,3)5-4-9(11)12;2*1-4-5-10(3,9(11)12)6-8(13)7(2)14;1-5-6-10(3,4)7-9(11)8(2)12;1-6(13)7(12)4-9(2,3)5-8(10)11;1-5(13)6(12)4-7(2,3)8(9,10)11;1-5(12)6(11)4-8(2,3)7(9)10/h10H,5-8,12H2,1-4H3;3*8-9H,4-6,13H2,1-3H3;9H,5-7,11H2,1-4H3;7-8H,4-5,12H2,1-3H3;6H,4,12H2,1-3H3;6-7H,4,11H2,1-3H3/t10-;8-;8-,10+;8-,10-;9-;7-;2*6-/m00000000/s1. The second-order valence-corrected chi connectivity index (χ2v) is 33.5. The maximum Gasteiger partial charge on any atom is 0.394 e. The van der Waals surface area contributed by atoms with Crippen LogP contribution in [-0.4, -0.2) is 133 Å². The molecular weight excluding hydrogens is 1400 g/mol. The summed E-state index contributed by atoms with van der Waals surface area (Å²) in [6.07, 6.45) is -5.99. The van der Waals surface area contributed by atoms with Gasteiger partial charge in [-0.05, 0) is 161 Å². The molecule has 0 unspecified atom stereocenters. The second-order valence-electron chi connectivity index (χ2n) is 33.5. The SMILES string of the molecule is CC(=O)[C@@H](N)CC(C)(C)C(F)(F)F.CC(=O)[C@@H](N)CC(C)(C)C(F)F.CC(=O)[C@@H](N)CC(C)(C)CC(F)F.CC(=O)[C@@H](N)CC(C)(C)CCC(F)F.CCCC(C)(C)C[C@H](N)C(C)=O.CCCCC(C)(C)C[C@H](N)C(C)=O.CCC[C@@](C)(C[C@H](N)C(C)=O)C(F)F.CCC[C@](C)(C[C@H](N)C(C)=O)C(F)F. The van der Waals surface area contributed by atoms with E-state index in [1.807, 2.05) is 27.7 Å². The number of ketones is 8. The Hall–Kier alpha value is -3.87. The topological polar surface area (TPSA) is 345 Å². The Balaban J connectivity index is -0.000000171. The van der Waals surface area contributed by atoms with Gasteiger partial charge in [-0.3, -0.25) is 38.4 Å². The Kier molecular flexibility index (Phi) is 61.8. The van der Waals surface area contributed by atoms with Crippen molar-refractivity contribution in [2.24, 2.45) is 89.2 Å². The predicted molar refractivity (Wildman–Crippen MR) is 399 cm³/mol. The van der Waals surface area contributed by atoms with E-state index in [4.69, 9.17) is 45.9 Å². The zero-order chi connectivity index (χ0) is 85.8. The third kappa shape index (κ3) is 63.6. The highest BCUT2D eigenvalue weighted by Crippen LogP contribution is 2.42. The minimum Gasteiger partial charge on any atom is -0.322 e. The number of alkyl halides is 13. The first-order chi connectivity index (χ1) is 46.8. The minimum atomic E-state index is -4.32. The van der Waals surface area contributed by atoms with Gasteiger partial charge in [-0.2, -0.15) is 13.2 Å². The van der Waals surface area contributed by atoms with E-state index in [-0.39, 0.29) is 107 Å². The molecular formula is C76H147F13N8O8. The van der Waals surface area contributed by atoms with Crippen molar-refractivity contribution in [3.63, 3.8) is 0 Å². The van der Waals surface area contributed by atoms with Crippen LogP contribution in [0.4, 0.5) is 57.1 Å². The number of Topliss-reactive ketones (excluding diaryl/α,β-unsaturated/α-hetero) is 8. The van der Waals surface area contributed by atoms with Gasteiger partial charge >= 0.3 is 6.18 Å². The number of halogens is 13. The van der Waals surface area contributed by atoms with Crippen LogP contribution >= 0.6 is 0 Å².